The molecule has 112 valence electrons. The van der Waals surface area contributed by atoms with Gasteiger partial charge in [-0.05, 0) is 25.7 Å². The van der Waals surface area contributed by atoms with Crippen molar-refractivity contribution in [2.45, 2.75) is 45.6 Å². The summed E-state index contributed by atoms with van der Waals surface area (Å²) >= 11 is 0. The number of aromatic nitrogens is 2. The van der Waals surface area contributed by atoms with Gasteiger partial charge in [-0.2, -0.15) is 5.10 Å². The smallest absolute Gasteiger partial charge is 0.276 e. The first-order valence-corrected chi connectivity index (χ1v) is 7.29. The maximum Gasteiger partial charge on any atom is 0.276 e. The van der Waals surface area contributed by atoms with Crippen LogP contribution in [-0.4, -0.2) is 46.8 Å². The van der Waals surface area contributed by atoms with Crippen molar-refractivity contribution >= 4 is 11.6 Å². The fourth-order valence-electron chi connectivity index (χ4n) is 2.61. The second-order valence-electron chi connectivity index (χ2n) is 5.53. The van der Waals surface area contributed by atoms with Crippen molar-refractivity contribution in [3.05, 3.63) is 11.4 Å². The molecule has 6 heteroatoms. The predicted octanol–water partition coefficient (Wildman–Crippen LogP) is 1.76. The summed E-state index contributed by atoms with van der Waals surface area (Å²) in [4.78, 5) is 14.3. The molecule has 6 nitrogen and oxygen atoms in total. The Balaban J connectivity index is 2.11. The lowest BCUT2D eigenvalue weighted by atomic mass is 10.1. The molecule has 1 atom stereocenters. The van der Waals surface area contributed by atoms with Gasteiger partial charge in [0.1, 0.15) is 0 Å². The minimum absolute atomic E-state index is 0.102. The molecule has 2 heterocycles. The molecule has 1 fully saturated rings. The summed E-state index contributed by atoms with van der Waals surface area (Å²) in [5.74, 6) is 0.122. The number of hydrogen-bond donors (Lipinski definition) is 2. The topological polar surface area (TPSA) is 84.2 Å². The lowest BCUT2D eigenvalue weighted by Gasteiger charge is -2.32. The maximum atomic E-state index is 12.5. The third kappa shape index (κ3) is 2.95. The van der Waals surface area contributed by atoms with Crippen molar-refractivity contribution in [1.29, 1.82) is 0 Å². The monoisotopic (exact) mass is 280 g/mol. The molecular weight excluding hydrogens is 256 g/mol. The Hall–Kier alpha value is -1.56. The van der Waals surface area contributed by atoms with Crippen LogP contribution >= 0.6 is 0 Å². The Kier molecular flexibility index (Phi) is 4.65. The van der Waals surface area contributed by atoms with Crippen LogP contribution in [0.2, 0.25) is 0 Å². The van der Waals surface area contributed by atoms with E-state index in [2.05, 4.69) is 10.2 Å². The quantitative estimate of drug-likeness (QED) is 0.880. The van der Waals surface area contributed by atoms with Gasteiger partial charge in [0.25, 0.3) is 5.91 Å². The first-order chi connectivity index (χ1) is 9.54. The molecule has 1 amide bonds. The number of nitrogens with one attached hydrogen (secondary N) is 1. The van der Waals surface area contributed by atoms with Crippen LogP contribution in [0, 0.1) is 0 Å². The minimum Gasteiger partial charge on any atom is -0.395 e. The summed E-state index contributed by atoms with van der Waals surface area (Å²) in [5.41, 5.74) is 7.67. The second kappa shape index (κ2) is 6.26. The number of likely N-dealkylation sites (tertiary alicyclic amines) is 1. The van der Waals surface area contributed by atoms with Crippen molar-refractivity contribution in [3.63, 3.8) is 0 Å². The third-order valence-electron chi connectivity index (χ3n) is 3.68. The molecule has 0 spiro atoms. The predicted molar refractivity (Wildman–Crippen MR) is 77.6 cm³/mol. The van der Waals surface area contributed by atoms with Crippen LogP contribution in [0.25, 0.3) is 0 Å². The number of ether oxygens (including phenoxy) is 1. The normalized spacial score (nSPS) is 19.6. The van der Waals surface area contributed by atoms with E-state index in [1.54, 1.807) is 4.90 Å². The summed E-state index contributed by atoms with van der Waals surface area (Å²) < 4.78 is 5.62. The van der Waals surface area contributed by atoms with E-state index in [0.717, 1.165) is 25.1 Å². The first-order valence-electron chi connectivity index (χ1n) is 7.29. The third-order valence-corrected chi connectivity index (χ3v) is 3.68. The molecule has 0 saturated carbocycles. The molecule has 0 radical (unpaired) electrons. The number of piperidine rings is 1. The molecule has 1 aromatic rings. The summed E-state index contributed by atoms with van der Waals surface area (Å²) in [6.45, 7) is 8.05. The van der Waals surface area contributed by atoms with E-state index in [1.807, 2.05) is 20.8 Å². The maximum absolute atomic E-state index is 12.5. The van der Waals surface area contributed by atoms with Crippen LogP contribution in [0.1, 0.15) is 55.7 Å². The van der Waals surface area contributed by atoms with E-state index in [1.165, 1.54) is 0 Å². The Bertz CT molecular complexity index is 468. The highest BCUT2D eigenvalue weighted by Gasteiger charge is 2.28. The van der Waals surface area contributed by atoms with Gasteiger partial charge in [0.05, 0.1) is 17.5 Å². The van der Waals surface area contributed by atoms with E-state index in [4.69, 9.17) is 10.5 Å². The number of nitrogens with two attached hydrogens (primary N) is 1. The lowest BCUT2D eigenvalue weighted by Crippen LogP contribution is -2.43. The molecule has 1 unspecified atom stereocenters. The van der Waals surface area contributed by atoms with E-state index >= 15 is 0 Å². The SMILES string of the molecule is CCOC1CCCN(C(=O)c2n[nH]c(C(C)C)c2N)C1. The lowest BCUT2D eigenvalue weighted by molar-refractivity contribution is 0.00707. The largest absolute Gasteiger partial charge is 0.395 e. The highest BCUT2D eigenvalue weighted by Crippen LogP contribution is 2.24. The molecule has 20 heavy (non-hydrogen) atoms. The second-order valence-corrected chi connectivity index (χ2v) is 5.53. The van der Waals surface area contributed by atoms with E-state index in [-0.39, 0.29) is 17.9 Å². The zero-order valence-electron chi connectivity index (χ0n) is 12.5. The number of H-pyrrole nitrogens is 1. The number of aromatic amines is 1. The summed E-state index contributed by atoms with van der Waals surface area (Å²) in [5, 5.41) is 6.98. The standard InChI is InChI=1S/C14H24N4O2/c1-4-20-10-6-5-7-18(8-10)14(19)13-11(15)12(9(2)3)16-17-13/h9-10H,4-8,15H2,1-3H3,(H,16,17). The number of rotatable bonds is 4. The van der Waals surface area contributed by atoms with Gasteiger partial charge in [-0.15, -0.1) is 0 Å². The van der Waals surface area contributed by atoms with Crippen LogP contribution in [0.3, 0.4) is 0 Å². The van der Waals surface area contributed by atoms with E-state index in [9.17, 15) is 4.79 Å². The fourth-order valence-corrected chi connectivity index (χ4v) is 2.61. The zero-order chi connectivity index (χ0) is 14.7. The number of amides is 1. The Morgan fingerprint density at radius 2 is 2.35 bits per heavy atom. The van der Waals surface area contributed by atoms with Gasteiger partial charge < -0.3 is 15.4 Å². The molecule has 1 aromatic heterocycles. The van der Waals surface area contributed by atoms with Gasteiger partial charge in [-0.1, -0.05) is 13.8 Å². The summed E-state index contributed by atoms with van der Waals surface area (Å²) in [7, 11) is 0. The first kappa shape index (κ1) is 14.8. The summed E-state index contributed by atoms with van der Waals surface area (Å²) in [6.07, 6.45) is 2.09. The number of nitrogens with zero attached hydrogens (tertiary/aromatic N) is 2. The van der Waals surface area contributed by atoms with Gasteiger partial charge in [0.15, 0.2) is 5.69 Å². The van der Waals surface area contributed by atoms with Crippen molar-refractivity contribution in [2.75, 3.05) is 25.4 Å². The number of nitrogen functional groups attached to an aromatic ring is 1. The van der Waals surface area contributed by atoms with Gasteiger partial charge >= 0.3 is 0 Å². The van der Waals surface area contributed by atoms with Crippen molar-refractivity contribution in [2.24, 2.45) is 0 Å². The average molecular weight is 280 g/mol. The molecule has 0 aliphatic carbocycles. The van der Waals surface area contributed by atoms with Gasteiger partial charge in [-0.25, -0.2) is 0 Å². The van der Waals surface area contributed by atoms with E-state index < -0.39 is 0 Å². The van der Waals surface area contributed by atoms with Crippen LogP contribution in [-0.2, 0) is 4.74 Å². The molecule has 2 rings (SSSR count). The number of carbonyl (C=O) groups is 1. The van der Waals surface area contributed by atoms with Crippen LogP contribution < -0.4 is 5.73 Å². The van der Waals surface area contributed by atoms with Crippen LogP contribution in [0.4, 0.5) is 5.69 Å². The van der Waals surface area contributed by atoms with Crippen molar-refractivity contribution in [1.82, 2.24) is 15.1 Å². The molecule has 1 aliphatic rings. The van der Waals surface area contributed by atoms with Gasteiger partial charge in [-0.3, -0.25) is 9.89 Å². The Labute approximate surface area is 119 Å². The molecule has 3 N–H and O–H groups in total. The molecule has 0 aromatic carbocycles. The molecule has 1 saturated heterocycles. The Morgan fingerprint density at radius 3 is 2.95 bits per heavy atom. The van der Waals surface area contributed by atoms with E-state index in [0.29, 0.717) is 24.5 Å². The van der Waals surface area contributed by atoms with Crippen LogP contribution in [0.15, 0.2) is 0 Å². The van der Waals surface area contributed by atoms with Crippen molar-refractivity contribution < 1.29 is 9.53 Å². The number of anilines is 1. The molecule has 1 aliphatic heterocycles. The minimum atomic E-state index is -0.102. The zero-order valence-corrected chi connectivity index (χ0v) is 12.5. The fraction of sp³-hybridized carbons (Fsp3) is 0.714. The van der Waals surface area contributed by atoms with Crippen molar-refractivity contribution in [3.8, 4) is 0 Å². The number of carbonyl (C=O) groups excluding carboxylic acids is 1. The number of hydrogen-bond acceptors (Lipinski definition) is 4. The summed E-state index contributed by atoms with van der Waals surface area (Å²) in [6, 6.07) is 0. The highest BCUT2D eigenvalue weighted by molar-refractivity contribution is 5.97. The molecule has 0 bridgehead atoms. The van der Waals surface area contributed by atoms with Gasteiger partial charge in [0.2, 0.25) is 0 Å². The van der Waals surface area contributed by atoms with Crippen LogP contribution in [0.5, 0.6) is 0 Å². The average Bonchev–Trinajstić information content (AvgIpc) is 2.80. The highest BCUT2D eigenvalue weighted by atomic mass is 16.5. The van der Waals surface area contributed by atoms with Gasteiger partial charge in [0, 0.05) is 19.7 Å². The molecular formula is C14H24N4O2. The Morgan fingerprint density at radius 1 is 1.60 bits per heavy atom.